The van der Waals surface area contributed by atoms with Crippen molar-refractivity contribution in [3.05, 3.63) is 86.5 Å². The molecule has 314 valence electrons. The highest BCUT2D eigenvalue weighted by Gasteiger charge is 2.35. The minimum Gasteiger partial charge on any atom is -0.493 e. The molecule has 0 bridgehead atoms. The fourth-order valence-corrected chi connectivity index (χ4v) is 8.93. The molecule has 0 atom stereocenters. The van der Waals surface area contributed by atoms with Crippen LogP contribution in [0, 0.1) is 0 Å². The normalized spacial score (nSPS) is 13.2. The molecule has 0 radical (unpaired) electrons. The number of hydrogen-bond acceptors (Lipinski definition) is 0. The van der Waals surface area contributed by atoms with Gasteiger partial charge in [-0.2, -0.15) is 0 Å². The number of rotatable bonds is 34. The van der Waals surface area contributed by atoms with Gasteiger partial charge in [-0.25, -0.2) is 4.70 Å². The summed E-state index contributed by atoms with van der Waals surface area (Å²) in [5.74, 6) is 0. The number of aryl methyl sites for hydroxylation is 4. The van der Waals surface area contributed by atoms with Crippen LogP contribution in [0.5, 0.6) is 0 Å². The third-order valence-corrected chi connectivity index (χ3v) is 12.3. The van der Waals surface area contributed by atoms with Crippen molar-refractivity contribution < 1.29 is 4.70 Å². The van der Waals surface area contributed by atoms with Crippen molar-refractivity contribution >= 4 is 11.4 Å². The minimum absolute atomic E-state index is 1.03. The third-order valence-electron chi connectivity index (χ3n) is 12.3. The smallest absolute Gasteiger partial charge is 0.211 e. The Hall–Kier alpha value is -2.48. The van der Waals surface area contributed by atoms with Gasteiger partial charge in [0, 0.05) is 22.3 Å². The molecular weight excluding hydrogens is 677 g/mol. The number of hydrogen-bond donors (Lipinski definition) is 0. The largest absolute Gasteiger partial charge is 0.493 e. The SMILES string of the molecule is CCCCCCCCCCC1=C(c2cc(CCCC)cc(CCCCCCCC)c2)[N+](=[N-])C(c2cc(CCCC)cc(CCCCCCCC)c2)=C1CCCC. The zero-order valence-electron chi connectivity index (χ0n) is 38.0. The second kappa shape index (κ2) is 29.7. The Morgan fingerprint density at radius 3 is 0.893 bits per heavy atom. The van der Waals surface area contributed by atoms with Crippen LogP contribution in [0.15, 0.2) is 47.5 Å². The van der Waals surface area contributed by atoms with Gasteiger partial charge in [0.05, 0.1) is 0 Å². The monoisotopic (exact) mass is 765 g/mol. The standard InChI is InChI=1S/C54H88N2/c1-7-13-19-22-25-26-29-32-38-52-51(37-18-12-6)53(49-41-45(33-16-10-4)39-47(43-49)35-30-27-23-20-14-8-2)56(55)54(52)50-42-46(34-17-11-5)40-48(44-50)36-31-28-24-21-15-9-3/h39-44H,7-38H2,1-6H3. The number of unbranched alkanes of at least 4 members (excludes halogenated alkanes) is 20. The molecule has 2 heteroatoms. The first-order valence-electron chi connectivity index (χ1n) is 24.7. The van der Waals surface area contributed by atoms with Crippen molar-refractivity contribution in [2.75, 3.05) is 0 Å². The average Bonchev–Trinajstić information content (AvgIpc) is 3.48. The van der Waals surface area contributed by atoms with Crippen molar-refractivity contribution in [2.24, 2.45) is 0 Å². The zero-order chi connectivity index (χ0) is 40.2. The minimum atomic E-state index is 1.03. The molecule has 0 fully saturated rings. The highest BCUT2D eigenvalue weighted by molar-refractivity contribution is 5.82. The third kappa shape index (κ3) is 17.2. The lowest BCUT2D eigenvalue weighted by molar-refractivity contribution is -0.345. The van der Waals surface area contributed by atoms with Gasteiger partial charge in [-0.3, -0.25) is 0 Å². The molecule has 0 aromatic heterocycles. The lowest BCUT2D eigenvalue weighted by atomic mass is 9.89. The summed E-state index contributed by atoms with van der Waals surface area (Å²) in [5.41, 5.74) is 26.1. The Bertz CT molecular complexity index is 1440. The Balaban J connectivity index is 2.08. The molecule has 0 saturated carbocycles. The molecule has 2 aromatic carbocycles. The van der Waals surface area contributed by atoms with E-state index in [2.05, 4.69) is 77.9 Å². The Morgan fingerprint density at radius 2 is 0.554 bits per heavy atom. The first kappa shape index (κ1) is 47.9. The van der Waals surface area contributed by atoms with E-state index in [0.717, 1.165) is 62.8 Å². The summed E-state index contributed by atoms with van der Waals surface area (Å²) in [6.07, 6.45) is 40.2. The number of nitrogens with zero attached hydrogens (tertiary/aromatic N) is 2. The van der Waals surface area contributed by atoms with E-state index in [4.69, 9.17) is 0 Å². The van der Waals surface area contributed by atoms with Gasteiger partial charge in [0.15, 0.2) is 0 Å². The molecule has 56 heavy (non-hydrogen) atoms. The predicted molar refractivity (Wildman–Crippen MR) is 248 cm³/mol. The fraction of sp³-hybridized carbons (Fsp3) is 0.704. The van der Waals surface area contributed by atoms with Crippen molar-refractivity contribution in [3.8, 4) is 0 Å². The molecule has 0 amide bonds. The van der Waals surface area contributed by atoms with Gasteiger partial charge in [0.2, 0.25) is 11.4 Å². The summed E-state index contributed by atoms with van der Waals surface area (Å²) in [6.45, 7) is 13.9. The summed E-state index contributed by atoms with van der Waals surface area (Å²) in [4.78, 5) is 0. The topological polar surface area (TPSA) is 25.3 Å². The van der Waals surface area contributed by atoms with Crippen LogP contribution < -0.4 is 0 Å². The number of benzene rings is 2. The van der Waals surface area contributed by atoms with Crippen LogP contribution in [0.3, 0.4) is 0 Å². The maximum Gasteiger partial charge on any atom is 0.211 e. The highest BCUT2D eigenvalue weighted by Crippen LogP contribution is 2.45. The highest BCUT2D eigenvalue weighted by atomic mass is 15.2. The van der Waals surface area contributed by atoms with Crippen molar-refractivity contribution in [1.82, 2.24) is 0 Å². The quantitative estimate of drug-likeness (QED) is 0.0501. The molecule has 1 heterocycles. The lowest BCUT2D eigenvalue weighted by Crippen LogP contribution is -2.05. The molecule has 1 aliphatic heterocycles. The van der Waals surface area contributed by atoms with Crippen molar-refractivity contribution in [1.29, 1.82) is 0 Å². The molecule has 3 rings (SSSR count). The van der Waals surface area contributed by atoms with E-state index >= 15 is 0 Å². The van der Waals surface area contributed by atoms with Gasteiger partial charge >= 0.3 is 0 Å². The van der Waals surface area contributed by atoms with Crippen LogP contribution in [-0.4, -0.2) is 4.70 Å². The summed E-state index contributed by atoms with van der Waals surface area (Å²) in [6, 6.07) is 14.8. The van der Waals surface area contributed by atoms with Gasteiger partial charge in [0.25, 0.3) is 0 Å². The second-order valence-electron chi connectivity index (χ2n) is 17.6. The Morgan fingerprint density at radius 1 is 0.304 bits per heavy atom. The molecule has 2 nitrogen and oxygen atoms in total. The molecule has 0 spiro atoms. The fourth-order valence-electron chi connectivity index (χ4n) is 8.93. The molecule has 0 unspecified atom stereocenters. The van der Waals surface area contributed by atoms with Gasteiger partial charge in [-0.1, -0.05) is 182 Å². The predicted octanol–water partition coefficient (Wildman–Crippen LogP) is 18.1. The Labute approximate surface area is 348 Å². The van der Waals surface area contributed by atoms with E-state index in [9.17, 15) is 5.53 Å². The van der Waals surface area contributed by atoms with Gasteiger partial charge in [0.1, 0.15) is 0 Å². The molecule has 0 aliphatic carbocycles. The van der Waals surface area contributed by atoms with Crippen LogP contribution >= 0.6 is 0 Å². The number of allylic oxidation sites excluding steroid dienone is 2. The van der Waals surface area contributed by atoms with Crippen LogP contribution in [0.1, 0.15) is 255 Å². The van der Waals surface area contributed by atoms with Gasteiger partial charge in [-0.05, 0) is 124 Å². The molecular formula is C54H88N2. The Kier molecular flexibility index (Phi) is 25.4. The maximum absolute atomic E-state index is 12.7. The van der Waals surface area contributed by atoms with Crippen molar-refractivity contribution in [2.45, 2.75) is 247 Å². The zero-order valence-corrected chi connectivity index (χ0v) is 38.0. The van der Waals surface area contributed by atoms with Crippen LogP contribution in [-0.2, 0) is 25.7 Å². The average molecular weight is 765 g/mol. The van der Waals surface area contributed by atoms with E-state index in [1.807, 2.05) is 0 Å². The summed E-state index contributed by atoms with van der Waals surface area (Å²) >= 11 is 0. The molecule has 0 saturated heterocycles. The van der Waals surface area contributed by atoms with E-state index in [1.165, 1.54) is 199 Å². The summed E-state index contributed by atoms with van der Waals surface area (Å²) in [5, 5.41) is 0. The van der Waals surface area contributed by atoms with E-state index in [-0.39, 0.29) is 0 Å². The first-order valence-corrected chi connectivity index (χ1v) is 24.7. The maximum atomic E-state index is 12.7. The van der Waals surface area contributed by atoms with E-state index in [1.54, 1.807) is 4.70 Å². The van der Waals surface area contributed by atoms with E-state index < -0.39 is 0 Å². The summed E-state index contributed by atoms with van der Waals surface area (Å²) in [7, 11) is 0. The van der Waals surface area contributed by atoms with Crippen LogP contribution in [0.2, 0.25) is 0 Å². The summed E-state index contributed by atoms with van der Waals surface area (Å²) < 4.78 is 1.70. The first-order chi connectivity index (χ1) is 27.5. The van der Waals surface area contributed by atoms with Crippen molar-refractivity contribution in [3.63, 3.8) is 0 Å². The van der Waals surface area contributed by atoms with Crippen LogP contribution in [0.25, 0.3) is 16.9 Å². The van der Waals surface area contributed by atoms with Gasteiger partial charge < -0.3 is 5.53 Å². The van der Waals surface area contributed by atoms with Gasteiger partial charge in [-0.15, -0.1) is 0 Å². The second-order valence-corrected chi connectivity index (χ2v) is 17.6. The lowest BCUT2D eigenvalue weighted by Gasteiger charge is -2.15. The van der Waals surface area contributed by atoms with Crippen LogP contribution in [0.4, 0.5) is 0 Å². The molecule has 1 aliphatic rings. The molecule has 0 N–H and O–H groups in total. The molecule has 2 aromatic rings. The van der Waals surface area contributed by atoms with E-state index in [0.29, 0.717) is 0 Å².